The summed E-state index contributed by atoms with van der Waals surface area (Å²) in [4.78, 5) is 63.1. The Balaban J connectivity index is 1.32. The zero-order valence-electron chi connectivity index (χ0n) is 35.8. The minimum atomic E-state index is -5.10. The van der Waals surface area contributed by atoms with Crippen molar-refractivity contribution < 1.29 is 60.1 Å². The molecule has 15 nitrogen and oxygen atoms in total. The summed E-state index contributed by atoms with van der Waals surface area (Å²) in [6.45, 7) is 6.53. The number of sulfonamides is 1. The van der Waals surface area contributed by atoms with Gasteiger partial charge in [-0.2, -0.15) is 18.2 Å². The van der Waals surface area contributed by atoms with Gasteiger partial charge in [0, 0.05) is 23.3 Å². The number of fused-ring (bicyclic) bond motifs is 5. The molecule has 2 aliphatic carbocycles. The number of benzene rings is 1. The molecular formula is C43H56F3N5O10S. The van der Waals surface area contributed by atoms with E-state index >= 15 is 4.79 Å². The van der Waals surface area contributed by atoms with Crippen molar-refractivity contribution in [1.82, 2.24) is 24.8 Å². The molecule has 1 aromatic carbocycles. The van der Waals surface area contributed by atoms with Crippen molar-refractivity contribution >= 4 is 44.6 Å². The Morgan fingerprint density at radius 3 is 2.53 bits per heavy atom. The van der Waals surface area contributed by atoms with E-state index in [0.29, 0.717) is 69.6 Å². The molecule has 0 unspecified atom stereocenters. The van der Waals surface area contributed by atoms with Crippen molar-refractivity contribution in [2.24, 2.45) is 17.8 Å². The first-order chi connectivity index (χ1) is 29.1. The molecule has 3 fully saturated rings. The number of carboxylic acid groups (broad SMARTS) is 1. The van der Waals surface area contributed by atoms with Gasteiger partial charge in [-0.15, -0.1) is 0 Å². The molecule has 2 aromatic rings. The van der Waals surface area contributed by atoms with Crippen LogP contribution in [0.5, 0.6) is 17.5 Å². The zero-order chi connectivity index (χ0) is 45.2. The number of carbonyl (C=O) groups excluding carboxylic acids is 3. The summed E-state index contributed by atoms with van der Waals surface area (Å²) in [7, 11) is -2.60. The molecule has 340 valence electrons. The second kappa shape index (κ2) is 16.4. The van der Waals surface area contributed by atoms with Crippen molar-refractivity contribution in [1.29, 1.82) is 0 Å². The Morgan fingerprint density at radius 2 is 1.89 bits per heavy atom. The fourth-order valence-electron chi connectivity index (χ4n) is 9.22. The summed E-state index contributed by atoms with van der Waals surface area (Å²) in [6.07, 6.45) is -1.31. The van der Waals surface area contributed by atoms with Crippen LogP contribution < -0.4 is 24.2 Å². The van der Waals surface area contributed by atoms with Crippen LogP contribution in [0.4, 0.5) is 18.0 Å². The maximum absolute atomic E-state index is 15.3. The van der Waals surface area contributed by atoms with E-state index in [9.17, 15) is 41.1 Å². The van der Waals surface area contributed by atoms with E-state index < -0.39 is 85.9 Å². The van der Waals surface area contributed by atoms with Crippen molar-refractivity contribution in [2.75, 3.05) is 20.3 Å². The number of hydrogen-bond acceptors (Lipinski definition) is 10. The van der Waals surface area contributed by atoms with Gasteiger partial charge in [-0.1, -0.05) is 32.4 Å². The number of rotatable bonds is 9. The predicted molar refractivity (Wildman–Crippen MR) is 220 cm³/mol. The Morgan fingerprint density at radius 1 is 1.16 bits per heavy atom. The third kappa shape index (κ3) is 8.25. The molecular weight excluding hydrogens is 836 g/mol. The second-order valence-electron chi connectivity index (χ2n) is 18.4. The molecule has 2 saturated carbocycles. The number of pyridine rings is 1. The summed E-state index contributed by atoms with van der Waals surface area (Å²) in [5, 5.41) is 14.7. The Kier molecular flexibility index (Phi) is 12.0. The first-order valence-electron chi connectivity index (χ1n) is 21.3. The van der Waals surface area contributed by atoms with Crippen LogP contribution in [0, 0.1) is 17.8 Å². The van der Waals surface area contributed by atoms with Crippen molar-refractivity contribution in [3.63, 3.8) is 0 Å². The van der Waals surface area contributed by atoms with Gasteiger partial charge in [0.05, 0.1) is 25.0 Å². The summed E-state index contributed by atoms with van der Waals surface area (Å²) in [6, 6.07) is 1.90. The fraction of sp³-hybridized carbons (Fsp3) is 0.651. The molecule has 3 N–H and O–H groups in total. The van der Waals surface area contributed by atoms with E-state index in [4.69, 9.17) is 19.2 Å². The molecule has 1 aromatic heterocycles. The van der Waals surface area contributed by atoms with Crippen molar-refractivity contribution in [3.05, 3.63) is 35.9 Å². The van der Waals surface area contributed by atoms with E-state index in [-0.39, 0.29) is 48.9 Å². The molecule has 7 rings (SSSR count). The Hall–Kier alpha value is -4.81. The number of amides is 4. The van der Waals surface area contributed by atoms with Crippen LogP contribution in [0.2, 0.25) is 0 Å². The van der Waals surface area contributed by atoms with E-state index in [0.717, 1.165) is 22.3 Å². The van der Waals surface area contributed by atoms with E-state index in [1.165, 1.54) is 14.0 Å². The maximum Gasteiger partial charge on any atom is 0.411 e. The molecule has 5 aliphatic rings. The average Bonchev–Trinajstić information content (AvgIpc) is 4.09. The van der Waals surface area contributed by atoms with Crippen LogP contribution in [0.3, 0.4) is 0 Å². The molecule has 4 heterocycles. The number of aromatic nitrogens is 1. The molecule has 0 radical (unpaired) electrons. The lowest BCUT2D eigenvalue weighted by atomic mass is 9.82. The smallest absolute Gasteiger partial charge is 0.411 e. The first-order valence-corrected chi connectivity index (χ1v) is 22.8. The van der Waals surface area contributed by atoms with Gasteiger partial charge >= 0.3 is 12.3 Å². The number of methoxy groups -OCH3 is 1. The normalized spacial score (nSPS) is 28.8. The molecule has 0 spiro atoms. The number of alkyl halides is 3. The highest BCUT2D eigenvalue weighted by atomic mass is 32.2. The van der Waals surface area contributed by atoms with Gasteiger partial charge in [0.2, 0.25) is 33.6 Å². The molecule has 4 amide bonds. The van der Waals surface area contributed by atoms with Crippen LogP contribution in [0.1, 0.15) is 98.0 Å². The highest BCUT2D eigenvalue weighted by molar-refractivity contribution is 7.91. The van der Waals surface area contributed by atoms with Gasteiger partial charge < -0.3 is 29.5 Å². The average molecular weight is 892 g/mol. The highest BCUT2D eigenvalue weighted by Gasteiger charge is 2.64. The van der Waals surface area contributed by atoms with E-state index in [1.54, 1.807) is 25.1 Å². The topological polar surface area (TPSA) is 194 Å². The SMILES string of the molecule is CC[C@@H]1C[C@@H](C)CCC=C[C@@H]2C[C@@]2(C(=O)NS(=O)(=O)C2(C)CC2)NC(=O)[C@@H]2C[C@@H](Oc3nc4c(c5cc(OC)ccc35)CCCO4)CN2C(=O)[C@H]1N(C(=O)O)C(C)(C)C(F)(F)F. The monoisotopic (exact) mass is 891 g/mol. The van der Waals surface area contributed by atoms with E-state index in [2.05, 4.69) is 10.0 Å². The van der Waals surface area contributed by atoms with Crippen LogP contribution in [0.15, 0.2) is 30.4 Å². The highest BCUT2D eigenvalue weighted by Crippen LogP contribution is 2.48. The van der Waals surface area contributed by atoms with Crippen LogP contribution in [-0.4, -0.2) is 113 Å². The van der Waals surface area contributed by atoms with Gasteiger partial charge in [-0.3, -0.25) is 24.0 Å². The summed E-state index contributed by atoms with van der Waals surface area (Å²) in [5.41, 5.74) is -3.94. The fourth-order valence-corrected chi connectivity index (χ4v) is 10.5. The van der Waals surface area contributed by atoms with Crippen molar-refractivity contribution in [2.45, 2.75) is 139 Å². The van der Waals surface area contributed by atoms with Crippen molar-refractivity contribution in [3.8, 4) is 17.5 Å². The standard InChI is InChI=1S/C43H56F3N5O10S/c1-7-25-19-24(2)11-8-9-12-26-22-42(26,38(54)49-62(57,58)41(5)16-17-41)48-34(52)32-21-28(23-50(32)37(53)33(25)51(39(55)56)40(3,4)43(44,45)46)61-36-30-15-14-27(59-6)20-31(30)29-13-10-18-60-35(29)47-36/h9,12,14-15,20,24-26,28,32-33H,7-8,10-11,13,16-19,21-23H2,1-6H3,(H,48,52)(H,49,54)(H,55,56)/t24-,25+,26+,28+,32-,33-,42+/m0/s1. The maximum atomic E-state index is 15.3. The molecule has 3 aliphatic heterocycles. The molecule has 7 atom stereocenters. The number of ether oxygens (including phenoxy) is 3. The molecule has 1 saturated heterocycles. The lowest BCUT2D eigenvalue weighted by molar-refractivity contribution is -0.222. The summed E-state index contributed by atoms with van der Waals surface area (Å²) in [5.74, 6) is -3.57. The quantitative estimate of drug-likeness (QED) is 0.255. The first kappa shape index (κ1) is 45.2. The Labute approximate surface area is 359 Å². The van der Waals surface area contributed by atoms with Crippen LogP contribution in [-0.2, 0) is 30.8 Å². The lowest BCUT2D eigenvalue weighted by Gasteiger charge is -2.46. The molecule has 0 bridgehead atoms. The molecule has 19 heteroatoms. The van der Waals surface area contributed by atoms with Gasteiger partial charge in [-0.25, -0.2) is 13.2 Å². The van der Waals surface area contributed by atoms with Gasteiger partial charge in [0.25, 0.3) is 5.91 Å². The van der Waals surface area contributed by atoms with Crippen LogP contribution >= 0.6 is 0 Å². The lowest BCUT2D eigenvalue weighted by Crippen LogP contribution is -2.66. The second-order valence-corrected chi connectivity index (χ2v) is 20.6. The van der Waals surface area contributed by atoms with Gasteiger partial charge in [0.1, 0.15) is 35.0 Å². The third-order valence-corrected chi connectivity index (χ3v) is 15.8. The summed E-state index contributed by atoms with van der Waals surface area (Å²) < 4.78 is 90.2. The molecule has 62 heavy (non-hydrogen) atoms. The predicted octanol–water partition coefficient (Wildman–Crippen LogP) is 5.88. The van der Waals surface area contributed by atoms with Crippen LogP contribution in [0.25, 0.3) is 10.8 Å². The number of carbonyl (C=O) groups is 4. The number of nitrogens with one attached hydrogen (secondary N) is 2. The number of hydrogen-bond donors (Lipinski definition) is 3. The minimum absolute atomic E-state index is 0.0467. The van der Waals surface area contributed by atoms with E-state index in [1.807, 2.05) is 19.1 Å². The zero-order valence-corrected chi connectivity index (χ0v) is 36.7. The number of aryl methyl sites for hydroxylation is 1. The largest absolute Gasteiger partial charge is 0.497 e. The third-order valence-electron chi connectivity index (χ3n) is 13.7. The van der Waals surface area contributed by atoms with Gasteiger partial charge in [0.15, 0.2) is 0 Å². The Bertz CT molecular complexity index is 2270. The number of allylic oxidation sites excluding steroid dienone is 1. The van der Waals surface area contributed by atoms with Gasteiger partial charge in [-0.05, 0) is 108 Å². The minimum Gasteiger partial charge on any atom is -0.497 e. The number of nitrogens with zero attached hydrogens (tertiary/aromatic N) is 3. The number of halogens is 3. The summed E-state index contributed by atoms with van der Waals surface area (Å²) >= 11 is 0.